The quantitative estimate of drug-likeness (QED) is 0.807. The van der Waals surface area contributed by atoms with Crippen LogP contribution in [0.15, 0.2) is 24.3 Å². The lowest BCUT2D eigenvalue weighted by molar-refractivity contribution is 0.379. The molecule has 84 valence electrons. The molecule has 0 atom stereocenters. The van der Waals surface area contributed by atoms with Gasteiger partial charge >= 0.3 is 0 Å². The molecule has 0 aliphatic carbocycles. The van der Waals surface area contributed by atoms with E-state index in [0.29, 0.717) is 0 Å². The van der Waals surface area contributed by atoms with Crippen molar-refractivity contribution in [2.75, 3.05) is 6.54 Å². The second-order valence-electron chi connectivity index (χ2n) is 4.54. The number of hydrogen-bond acceptors (Lipinski definition) is 1. The molecule has 0 fully saturated rings. The molecule has 0 aromatic heterocycles. The summed E-state index contributed by atoms with van der Waals surface area (Å²) in [6, 6.07) is 8.07. The first-order chi connectivity index (χ1) is 7.03. The van der Waals surface area contributed by atoms with Crippen LogP contribution in [-0.2, 0) is 6.42 Å². The van der Waals surface area contributed by atoms with Crippen LogP contribution in [0.2, 0.25) is 5.02 Å². The second kappa shape index (κ2) is 5.53. The van der Waals surface area contributed by atoms with Gasteiger partial charge in [-0.05, 0) is 50.9 Å². The summed E-state index contributed by atoms with van der Waals surface area (Å²) in [5, 5.41) is 4.34. The van der Waals surface area contributed by atoms with E-state index < -0.39 is 0 Å². The fraction of sp³-hybridized carbons (Fsp3) is 0.538. The topological polar surface area (TPSA) is 12.0 Å². The third kappa shape index (κ3) is 4.67. The third-order valence-electron chi connectivity index (χ3n) is 2.81. The van der Waals surface area contributed by atoms with Gasteiger partial charge in [-0.3, -0.25) is 0 Å². The first kappa shape index (κ1) is 12.5. The highest BCUT2D eigenvalue weighted by Gasteiger charge is 2.12. The maximum Gasteiger partial charge on any atom is 0.0406 e. The maximum absolute atomic E-state index is 5.83. The molecule has 0 saturated carbocycles. The fourth-order valence-electron chi connectivity index (χ4n) is 1.32. The molecular formula is C13H20ClN. The highest BCUT2D eigenvalue weighted by atomic mass is 35.5. The van der Waals surface area contributed by atoms with Crippen molar-refractivity contribution in [1.82, 2.24) is 5.32 Å². The van der Waals surface area contributed by atoms with Gasteiger partial charge in [-0.1, -0.05) is 30.7 Å². The summed E-state index contributed by atoms with van der Waals surface area (Å²) in [4.78, 5) is 0. The third-order valence-corrected chi connectivity index (χ3v) is 3.07. The Labute approximate surface area is 97.8 Å². The normalized spacial score (nSPS) is 11.7. The minimum Gasteiger partial charge on any atom is -0.311 e. The number of rotatable bonds is 5. The highest BCUT2D eigenvalue weighted by Crippen LogP contribution is 2.11. The first-order valence-corrected chi connectivity index (χ1v) is 5.91. The van der Waals surface area contributed by atoms with Gasteiger partial charge in [0.25, 0.3) is 0 Å². The smallest absolute Gasteiger partial charge is 0.0406 e. The number of halogens is 1. The van der Waals surface area contributed by atoms with Crippen LogP contribution in [0.1, 0.15) is 32.8 Å². The molecule has 1 rings (SSSR count). The SMILES string of the molecule is CCC(C)(C)NCCc1ccc(Cl)cc1. The standard InChI is InChI=1S/C13H20ClN/c1-4-13(2,3)15-10-9-11-5-7-12(14)8-6-11/h5-8,15H,4,9-10H2,1-3H3. The summed E-state index contributed by atoms with van der Waals surface area (Å²) >= 11 is 5.83. The Morgan fingerprint density at radius 1 is 1.20 bits per heavy atom. The average Bonchev–Trinajstić information content (AvgIpc) is 2.21. The van der Waals surface area contributed by atoms with Crippen molar-refractivity contribution in [1.29, 1.82) is 0 Å². The van der Waals surface area contributed by atoms with Crippen molar-refractivity contribution < 1.29 is 0 Å². The molecule has 1 nitrogen and oxygen atoms in total. The zero-order valence-corrected chi connectivity index (χ0v) is 10.6. The van der Waals surface area contributed by atoms with E-state index in [2.05, 4.69) is 38.2 Å². The molecule has 0 amide bonds. The molecule has 2 heteroatoms. The summed E-state index contributed by atoms with van der Waals surface area (Å²) < 4.78 is 0. The largest absolute Gasteiger partial charge is 0.311 e. The van der Waals surface area contributed by atoms with E-state index in [9.17, 15) is 0 Å². The van der Waals surface area contributed by atoms with Crippen LogP contribution >= 0.6 is 11.6 Å². The summed E-state index contributed by atoms with van der Waals surface area (Å²) in [5.41, 5.74) is 1.57. The molecule has 1 aromatic carbocycles. The predicted octanol–water partition coefficient (Wildman–Crippen LogP) is 3.66. The Morgan fingerprint density at radius 3 is 2.33 bits per heavy atom. The van der Waals surface area contributed by atoms with Crippen molar-refractivity contribution in [2.24, 2.45) is 0 Å². The van der Waals surface area contributed by atoms with Crippen LogP contribution in [-0.4, -0.2) is 12.1 Å². The zero-order chi connectivity index (χ0) is 11.3. The van der Waals surface area contributed by atoms with E-state index in [-0.39, 0.29) is 5.54 Å². The molecular weight excluding hydrogens is 206 g/mol. The van der Waals surface area contributed by atoms with Gasteiger partial charge in [0.2, 0.25) is 0 Å². The monoisotopic (exact) mass is 225 g/mol. The Morgan fingerprint density at radius 2 is 1.80 bits per heavy atom. The van der Waals surface area contributed by atoms with Crippen LogP contribution in [0.4, 0.5) is 0 Å². The van der Waals surface area contributed by atoms with Crippen LogP contribution in [0.5, 0.6) is 0 Å². The summed E-state index contributed by atoms with van der Waals surface area (Å²) in [5.74, 6) is 0. The maximum atomic E-state index is 5.83. The summed E-state index contributed by atoms with van der Waals surface area (Å²) in [6.07, 6.45) is 2.20. The molecule has 1 aromatic rings. The van der Waals surface area contributed by atoms with Gasteiger partial charge in [0.15, 0.2) is 0 Å². The van der Waals surface area contributed by atoms with Crippen molar-refractivity contribution in [3.63, 3.8) is 0 Å². The predicted molar refractivity (Wildman–Crippen MR) is 67.5 cm³/mol. The highest BCUT2D eigenvalue weighted by molar-refractivity contribution is 6.30. The van der Waals surface area contributed by atoms with Crippen molar-refractivity contribution in [3.05, 3.63) is 34.9 Å². The average molecular weight is 226 g/mol. The fourth-order valence-corrected chi connectivity index (χ4v) is 1.45. The summed E-state index contributed by atoms with van der Waals surface area (Å²) in [7, 11) is 0. The molecule has 0 saturated heterocycles. The van der Waals surface area contributed by atoms with Crippen LogP contribution in [0.25, 0.3) is 0 Å². The van der Waals surface area contributed by atoms with Gasteiger partial charge in [0, 0.05) is 10.6 Å². The molecule has 1 N–H and O–H groups in total. The van der Waals surface area contributed by atoms with Crippen molar-refractivity contribution >= 4 is 11.6 Å². The van der Waals surface area contributed by atoms with Crippen molar-refractivity contribution in [2.45, 2.75) is 39.2 Å². The zero-order valence-electron chi connectivity index (χ0n) is 9.81. The van der Waals surface area contributed by atoms with E-state index in [0.717, 1.165) is 24.4 Å². The lowest BCUT2D eigenvalue weighted by atomic mass is 10.0. The summed E-state index contributed by atoms with van der Waals surface area (Å²) in [6.45, 7) is 7.68. The number of nitrogens with one attached hydrogen (secondary N) is 1. The van der Waals surface area contributed by atoms with Gasteiger partial charge in [0.1, 0.15) is 0 Å². The van der Waals surface area contributed by atoms with Gasteiger partial charge in [-0.25, -0.2) is 0 Å². The number of benzene rings is 1. The Kier molecular flexibility index (Phi) is 4.62. The molecule has 15 heavy (non-hydrogen) atoms. The van der Waals surface area contributed by atoms with E-state index in [1.54, 1.807) is 0 Å². The number of hydrogen-bond donors (Lipinski definition) is 1. The minimum absolute atomic E-state index is 0.242. The Hall–Kier alpha value is -0.530. The van der Waals surface area contributed by atoms with Crippen LogP contribution in [0, 0.1) is 0 Å². The molecule has 0 bridgehead atoms. The molecule has 0 spiro atoms. The molecule has 0 radical (unpaired) electrons. The van der Waals surface area contributed by atoms with E-state index in [1.807, 2.05) is 12.1 Å². The van der Waals surface area contributed by atoms with Crippen LogP contribution in [0.3, 0.4) is 0 Å². The Bertz CT molecular complexity index is 290. The van der Waals surface area contributed by atoms with Gasteiger partial charge in [0.05, 0.1) is 0 Å². The molecule has 0 unspecified atom stereocenters. The molecule has 0 aliphatic rings. The Balaban J connectivity index is 2.35. The van der Waals surface area contributed by atoms with Gasteiger partial charge in [-0.2, -0.15) is 0 Å². The van der Waals surface area contributed by atoms with E-state index in [4.69, 9.17) is 11.6 Å². The van der Waals surface area contributed by atoms with Gasteiger partial charge < -0.3 is 5.32 Å². The molecule has 0 heterocycles. The molecule has 0 aliphatic heterocycles. The lowest BCUT2D eigenvalue weighted by Gasteiger charge is -2.24. The van der Waals surface area contributed by atoms with Crippen molar-refractivity contribution in [3.8, 4) is 0 Å². The minimum atomic E-state index is 0.242. The second-order valence-corrected chi connectivity index (χ2v) is 4.98. The van der Waals surface area contributed by atoms with E-state index >= 15 is 0 Å². The first-order valence-electron chi connectivity index (χ1n) is 5.53. The van der Waals surface area contributed by atoms with E-state index in [1.165, 1.54) is 5.56 Å². The van der Waals surface area contributed by atoms with Gasteiger partial charge in [-0.15, -0.1) is 0 Å². The lowest BCUT2D eigenvalue weighted by Crippen LogP contribution is -2.39. The van der Waals surface area contributed by atoms with Crippen LogP contribution < -0.4 is 5.32 Å².